The van der Waals surface area contributed by atoms with Crippen molar-refractivity contribution in [2.45, 2.75) is 64.0 Å². The van der Waals surface area contributed by atoms with Crippen LogP contribution >= 0.6 is 0 Å². The average molecular weight is 238 g/mol. The molecule has 17 heavy (non-hydrogen) atoms. The van der Waals surface area contributed by atoms with Crippen LogP contribution in [0.15, 0.2) is 12.7 Å². The van der Waals surface area contributed by atoms with Crippen molar-refractivity contribution in [2.75, 3.05) is 0 Å². The summed E-state index contributed by atoms with van der Waals surface area (Å²) in [5.41, 5.74) is 5.95. The topological polar surface area (TPSA) is 55.1 Å². The molecule has 0 bridgehead atoms. The van der Waals surface area contributed by atoms with Crippen molar-refractivity contribution < 1.29 is 4.79 Å². The number of carbonyl (C=O) groups is 1. The third-order valence-corrected chi connectivity index (χ3v) is 3.56. The Morgan fingerprint density at radius 1 is 1.47 bits per heavy atom. The minimum atomic E-state index is -0.342. The highest BCUT2D eigenvalue weighted by atomic mass is 16.2. The Kier molecular flexibility index (Phi) is 6.27. The van der Waals surface area contributed by atoms with Gasteiger partial charge in [-0.2, -0.15) is 0 Å². The summed E-state index contributed by atoms with van der Waals surface area (Å²) >= 11 is 0. The fourth-order valence-corrected chi connectivity index (χ4v) is 2.55. The van der Waals surface area contributed by atoms with Gasteiger partial charge in [-0.1, -0.05) is 38.2 Å². The summed E-state index contributed by atoms with van der Waals surface area (Å²) in [6.07, 6.45) is 9.87. The molecule has 1 rings (SSSR count). The standard InChI is InChI=1S/C14H26N2O/c1-3-7-11(2)16-14(17)13(15)10-12-8-5-4-6-9-12/h3,11-13H,1,4-10,15H2,2H3,(H,16,17). The van der Waals surface area contributed by atoms with Gasteiger partial charge < -0.3 is 11.1 Å². The average Bonchev–Trinajstić information content (AvgIpc) is 2.30. The number of hydrogen-bond donors (Lipinski definition) is 2. The van der Waals surface area contributed by atoms with E-state index in [0.717, 1.165) is 12.8 Å². The Morgan fingerprint density at radius 3 is 2.71 bits per heavy atom. The van der Waals surface area contributed by atoms with E-state index in [-0.39, 0.29) is 18.0 Å². The SMILES string of the molecule is C=CCC(C)NC(=O)C(N)CC1CCCCC1. The molecular weight excluding hydrogens is 212 g/mol. The highest BCUT2D eigenvalue weighted by Gasteiger charge is 2.21. The van der Waals surface area contributed by atoms with Gasteiger partial charge in [0.1, 0.15) is 0 Å². The molecule has 1 aliphatic carbocycles. The van der Waals surface area contributed by atoms with Crippen LogP contribution in [0.5, 0.6) is 0 Å². The van der Waals surface area contributed by atoms with E-state index < -0.39 is 0 Å². The molecule has 2 unspecified atom stereocenters. The molecule has 98 valence electrons. The lowest BCUT2D eigenvalue weighted by molar-refractivity contribution is -0.123. The van der Waals surface area contributed by atoms with Crippen molar-refractivity contribution >= 4 is 5.91 Å². The molecule has 0 spiro atoms. The second-order valence-corrected chi connectivity index (χ2v) is 5.28. The molecule has 1 aliphatic rings. The molecule has 1 amide bonds. The third kappa shape index (κ3) is 5.35. The zero-order valence-electron chi connectivity index (χ0n) is 11.0. The van der Waals surface area contributed by atoms with Crippen molar-refractivity contribution in [1.29, 1.82) is 0 Å². The molecule has 3 N–H and O–H groups in total. The van der Waals surface area contributed by atoms with E-state index in [4.69, 9.17) is 5.73 Å². The Morgan fingerprint density at radius 2 is 2.12 bits per heavy atom. The van der Waals surface area contributed by atoms with Gasteiger partial charge in [0.2, 0.25) is 5.91 Å². The summed E-state index contributed by atoms with van der Waals surface area (Å²) in [5.74, 6) is 0.643. The van der Waals surface area contributed by atoms with Crippen LogP contribution in [0.25, 0.3) is 0 Å². The van der Waals surface area contributed by atoms with Crippen molar-refractivity contribution in [2.24, 2.45) is 11.7 Å². The second-order valence-electron chi connectivity index (χ2n) is 5.28. The van der Waals surface area contributed by atoms with E-state index in [1.807, 2.05) is 13.0 Å². The number of amides is 1. The van der Waals surface area contributed by atoms with Crippen LogP contribution in [0, 0.1) is 5.92 Å². The lowest BCUT2D eigenvalue weighted by Gasteiger charge is -2.24. The van der Waals surface area contributed by atoms with Crippen molar-refractivity contribution in [3.63, 3.8) is 0 Å². The van der Waals surface area contributed by atoms with Gasteiger partial charge in [-0.25, -0.2) is 0 Å². The quantitative estimate of drug-likeness (QED) is 0.698. The Hall–Kier alpha value is -0.830. The number of hydrogen-bond acceptors (Lipinski definition) is 2. The smallest absolute Gasteiger partial charge is 0.237 e. The Labute approximate surface area is 105 Å². The normalized spacial score (nSPS) is 20.6. The van der Waals surface area contributed by atoms with Crippen LogP contribution < -0.4 is 11.1 Å². The molecule has 1 saturated carbocycles. The van der Waals surface area contributed by atoms with Crippen molar-refractivity contribution in [3.8, 4) is 0 Å². The second kappa shape index (κ2) is 7.49. The molecule has 0 radical (unpaired) electrons. The molecule has 0 saturated heterocycles. The number of nitrogens with two attached hydrogens (primary N) is 1. The predicted molar refractivity (Wildman–Crippen MR) is 71.6 cm³/mol. The molecule has 3 nitrogen and oxygen atoms in total. The summed E-state index contributed by atoms with van der Waals surface area (Å²) in [6, 6.07) is -0.206. The van der Waals surface area contributed by atoms with Crippen molar-refractivity contribution in [3.05, 3.63) is 12.7 Å². The maximum atomic E-state index is 11.8. The van der Waals surface area contributed by atoms with Gasteiger partial charge in [0.25, 0.3) is 0 Å². The molecule has 3 heteroatoms. The van der Waals surface area contributed by atoms with E-state index in [1.54, 1.807) is 0 Å². The fourth-order valence-electron chi connectivity index (χ4n) is 2.55. The number of rotatable bonds is 6. The minimum absolute atomic E-state index is 0.00933. The summed E-state index contributed by atoms with van der Waals surface area (Å²) in [7, 11) is 0. The highest BCUT2D eigenvalue weighted by molar-refractivity contribution is 5.81. The lowest BCUT2D eigenvalue weighted by atomic mass is 9.85. The largest absolute Gasteiger partial charge is 0.352 e. The molecule has 0 aliphatic heterocycles. The van der Waals surface area contributed by atoms with Gasteiger partial charge in [-0.3, -0.25) is 4.79 Å². The molecule has 0 heterocycles. The van der Waals surface area contributed by atoms with Gasteiger partial charge >= 0.3 is 0 Å². The summed E-state index contributed by atoms with van der Waals surface area (Å²) in [6.45, 7) is 5.64. The molecule has 0 aromatic rings. The van der Waals surface area contributed by atoms with Crippen molar-refractivity contribution in [1.82, 2.24) is 5.32 Å². The van der Waals surface area contributed by atoms with Crippen LogP contribution in [0.1, 0.15) is 51.9 Å². The minimum Gasteiger partial charge on any atom is -0.352 e. The zero-order valence-corrected chi connectivity index (χ0v) is 11.0. The highest BCUT2D eigenvalue weighted by Crippen LogP contribution is 2.26. The summed E-state index contributed by atoms with van der Waals surface area (Å²) in [5, 5.41) is 2.93. The molecule has 1 fully saturated rings. The molecule has 0 aromatic carbocycles. The first kappa shape index (κ1) is 14.2. The van der Waals surface area contributed by atoms with E-state index >= 15 is 0 Å². The van der Waals surface area contributed by atoms with Crippen LogP contribution in [0.2, 0.25) is 0 Å². The van der Waals surface area contributed by atoms with Crippen LogP contribution in [0.4, 0.5) is 0 Å². The molecular formula is C14H26N2O. The Balaban J connectivity index is 2.27. The number of carbonyl (C=O) groups excluding carboxylic acids is 1. The van der Waals surface area contributed by atoms with Gasteiger partial charge in [0, 0.05) is 6.04 Å². The van der Waals surface area contributed by atoms with E-state index in [0.29, 0.717) is 5.92 Å². The van der Waals surface area contributed by atoms with Gasteiger partial charge in [-0.15, -0.1) is 6.58 Å². The maximum Gasteiger partial charge on any atom is 0.237 e. The zero-order chi connectivity index (χ0) is 12.7. The number of nitrogens with one attached hydrogen (secondary N) is 1. The third-order valence-electron chi connectivity index (χ3n) is 3.56. The van der Waals surface area contributed by atoms with E-state index in [1.165, 1.54) is 32.1 Å². The van der Waals surface area contributed by atoms with Crippen LogP contribution in [0.3, 0.4) is 0 Å². The lowest BCUT2D eigenvalue weighted by Crippen LogP contribution is -2.45. The monoisotopic (exact) mass is 238 g/mol. The van der Waals surface area contributed by atoms with E-state index in [9.17, 15) is 4.79 Å². The van der Waals surface area contributed by atoms with Crippen LogP contribution in [-0.2, 0) is 4.79 Å². The first-order valence-corrected chi connectivity index (χ1v) is 6.80. The summed E-state index contributed by atoms with van der Waals surface area (Å²) < 4.78 is 0. The Bertz CT molecular complexity index is 247. The molecule has 2 atom stereocenters. The first-order chi connectivity index (χ1) is 8.13. The summed E-state index contributed by atoms with van der Waals surface area (Å²) in [4.78, 5) is 11.8. The van der Waals surface area contributed by atoms with Gasteiger partial charge in [-0.05, 0) is 25.7 Å². The predicted octanol–water partition coefficient (Wildman–Crippen LogP) is 2.36. The van der Waals surface area contributed by atoms with Gasteiger partial charge in [0.05, 0.1) is 6.04 Å². The van der Waals surface area contributed by atoms with Gasteiger partial charge in [0.15, 0.2) is 0 Å². The van der Waals surface area contributed by atoms with Crippen LogP contribution in [-0.4, -0.2) is 18.0 Å². The molecule has 0 aromatic heterocycles. The fraction of sp³-hybridized carbons (Fsp3) is 0.786. The van der Waals surface area contributed by atoms with E-state index in [2.05, 4.69) is 11.9 Å². The maximum absolute atomic E-state index is 11.8. The first-order valence-electron chi connectivity index (χ1n) is 6.80.